The van der Waals surface area contributed by atoms with Gasteiger partial charge in [0.2, 0.25) is 0 Å². The Balaban J connectivity index is 2.00. The molecule has 2 heterocycles. The molecule has 5 nitrogen and oxygen atoms in total. The molecule has 0 unspecified atom stereocenters. The second-order valence-electron chi connectivity index (χ2n) is 6.62. The third-order valence-electron chi connectivity index (χ3n) is 4.53. The molecule has 6 heteroatoms. The van der Waals surface area contributed by atoms with Crippen LogP contribution in [0.3, 0.4) is 0 Å². The number of benzene rings is 2. The topological polar surface area (TPSA) is 44.9 Å². The molecule has 1 aromatic heterocycles. The smallest absolute Gasteiger partial charge is 0.183 e. The van der Waals surface area contributed by atoms with E-state index in [1.807, 2.05) is 0 Å². The number of nitrogens with one attached hydrogen (secondary N) is 1. The van der Waals surface area contributed by atoms with Gasteiger partial charge in [-0.15, -0.1) is 10.2 Å². The Bertz CT molecular complexity index is 967. The summed E-state index contributed by atoms with van der Waals surface area (Å²) in [4.78, 5) is 2.21. The second-order valence-corrected chi connectivity index (χ2v) is 7.70. The van der Waals surface area contributed by atoms with Crippen molar-refractivity contribution in [2.45, 2.75) is 6.54 Å². The van der Waals surface area contributed by atoms with Gasteiger partial charge in [0.25, 0.3) is 0 Å². The molecule has 0 aliphatic carbocycles. The number of aromatic nitrogens is 1. The van der Waals surface area contributed by atoms with Crippen molar-refractivity contribution in [2.24, 2.45) is 10.2 Å². The number of likely N-dealkylation sites (N-methyl/N-ethyl adjacent to an activating group) is 1. The van der Waals surface area contributed by atoms with Crippen molar-refractivity contribution in [3.63, 3.8) is 0 Å². The van der Waals surface area contributed by atoms with Crippen molar-refractivity contribution < 1.29 is 0 Å². The standard InChI is InChI=1S/C20H23N5S/c1-24(2)12-13-25-17-9-5-3-7-15(17)19(16-8-4-6-10-18(16)25)22-23-20-21-11-14-26-20/h3-10H,11-14H2,1-2H3,(H,21,23). The van der Waals surface area contributed by atoms with Crippen molar-refractivity contribution in [1.82, 2.24) is 14.8 Å². The Morgan fingerprint density at radius 1 is 1.00 bits per heavy atom. The molecule has 1 aliphatic rings. The lowest BCUT2D eigenvalue weighted by Crippen LogP contribution is -2.21. The van der Waals surface area contributed by atoms with Gasteiger partial charge in [0.05, 0.1) is 11.0 Å². The van der Waals surface area contributed by atoms with Gasteiger partial charge in [-0.1, -0.05) is 48.2 Å². The minimum Gasteiger partial charge on any atom is -0.362 e. The van der Waals surface area contributed by atoms with Crippen LogP contribution in [-0.4, -0.2) is 47.6 Å². The number of hydrogen-bond donors (Lipinski definition) is 1. The summed E-state index contributed by atoms with van der Waals surface area (Å²) in [6, 6.07) is 17.0. The lowest BCUT2D eigenvalue weighted by Gasteiger charge is -2.18. The van der Waals surface area contributed by atoms with Gasteiger partial charge in [-0.25, -0.2) is 0 Å². The van der Waals surface area contributed by atoms with Gasteiger partial charge >= 0.3 is 0 Å². The van der Waals surface area contributed by atoms with E-state index in [0.717, 1.165) is 46.7 Å². The number of hydrogen-bond acceptors (Lipinski definition) is 4. The number of amidine groups is 1. The minimum absolute atomic E-state index is 0.905. The molecule has 0 atom stereocenters. The van der Waals surface area contributed by atoms with E-state index >= 15 is 0 Å². The summed E-state index contributed by atoms with van der Waals surface area (Å²) in [5.41, 5.74) is 2.39. The van der Waals surface area contributed by atoms with Crippen LogP contribution in [0.2, 0.25) is 0 Å². The highest BCUT2D eigenvalue weighted by Crippen LogP contribution is 2.19. The van der Waals surface area contributed by atoms with E-state index in [-0.39, 0.29) is 0 Å². The fourth-order valence-corrected chi connectivity index (χ4v) is 3.96. The van der Waals surface area contributed by atoms with Crippen LogP contribution in [0.15, 0.2) is 58.7 Å². The summed E-state index contributed by atoms with van der Waals surface area (Å²) in [6.07, 6.45) is 0. The van der Waals surface area contributed by atoms with Crippen LogP contribution in [0.25, 0.3) is 21.8 Å². The maximum Gasteiger partial charge on any atom is 0.183 e. The molecule has 134 valence electrons. The Morgan fingerprint density at radius 2 is 1.65 bits per heavy atom. The van der Waals surface area contributed by atoms with Gasteiger partial charge in [0.1, 0.15) is 5.36 Å². The third kappa shape index (κ3) is 3.34. The zero-order chi connectivity index (χ0) is 17.9. The fraction of sp³-hybridized carbons (Fsp3) is 0.300. The van der Waals surface area contributed by atoms with Gasteiger partial charge in [-0.05, 0) is 26.2 Å². The molecule has 1 saturated heterocycles. The number of nitrogens with zero attached hydrogens (tertiary/aromatic N) is 4. The van der Waals surface area contributed by atoms with E-state index in [0.29, 0.717) is 0 Å². The molecule has 0 spiro atoms. The summed E-state index contributed by atoms with van der Waals surface area (Å²) in [5, 5.41) is 16.5. The molecule has 1 N–H and O–H groups in total. The molecule has 0 saturated carbocycles. The van der Waals surface area contributed by atoms with Gasteiger partial charge < -0.3 is 14.8 Å². The van der Waals surface area contributed by atoms with Gasteiger partial charge in [-0.2, -0.15) is 0 Å². The first-order valence-corrected chi connectivity index (χ1v) is 9.86. The van der Waals surface area contributed by atoms with E-state index in [1.165, 1.54) is 11.0 Å². The summed E-state index contributed by atoms with van der Waals surface area (Å²) >= 11 is 1.72. The Hall–Kier alpha value is -2.31. The Labute approximate surface area is 157 Å². The summed E-state index contributed by atoms with van der Waals surface area (Å²) in [6.45, 7) is 2.87. The molecule has 1 fully saturated rings. The average molecular weight is 366 g/mol. The molecule has 4 rings (SSSR count). The predicted molar refractivity (Wildman–Crippen MR) is 111 cm³/mol. The van der Waals surface area contributed by atoms with Crippen LogP contribution in [0, 0.1) is 0 Å². The monoisotopic (exact) mass is 365 g/mol. The largest absolute Gasteiger partial charge is 0.362 e. The number of para-hydroxylation sites is 2. The Morgan fingerprint density at radius 3 is 2.23 bits per heavy atom. The highest BCUT2D eigenvalue weighted by atomic mass is 32.2. The lowest BCUT2D eigenvalue weighted by atomic mass is 10.1. The number of thioether (sulfide) groups is 1. The average Bonchev–Trinajstić information content (AvgIpc) is 3.17. The molecular formula is C20H23N5S. The van der Waals surface area contributed by atoms with Crippen LogP contribution in [0.4, 0.5) is 0 Å². The van der Waals surface area contributed by atoms with Gasteiger partial charge in [0, 0.05) is 36.2 Å². The van der Waals surface area contributed by atoms with E-state index < -0.39 is 0 Å². The SMILES string of the molecule is CN(C)CCn1c2ccccc2c(=NN=C2NCCS2)c2ccccc21. The molecule has 0 radical (unpaired) electrons. The van der Waals surface area contributed by atoms with Crippen LogP contribution < -0.4 is 10.7 Å². The van der Waals surface area contributed by atoms with Crippen molar-refractivity contribution in [2.75, 3.05) is 32.9 Å². The quantitative estimate of drug-likeness (QED) is 0.571. The fourth-order valence-electron chi connectivity index (χ4n) is 3.26. The van der Waals surface area contributed by atoms with Crippen LogP contribution in [0.5, 0.6) is 0 Å². The van der Waals surface area contributed by atoms with Crippen molar-refractivity contribution in [1.29, 1.82) is 0 Å². The Kier molecular flexibility index (Phi) is 4.95. The highest BCUT2D eigenvalue weighted by Gasteiger charge is 2.10. The van der Waals surface area contributed by atoms with Crippen molar-refractivity contribution >= 4 is 38.7 Å². The molecule has 0 bridgehead atoms. The summed E-state index contributed by atoms with van der Waals surface area (Å²) in [5.74, 6) is 1.05. The zero-order valence-electron chi connectivity index (χ0n) is 15.1. The van der Waals surface area contributed by atoms with Gasteiger partial charge in [-0.3, -0.25) is 0 Å². The first kappa shape index (κ1) is 17.1. The summed E-state index contributed by atoms with van der Waals surface area (Å²) < 4.78 is 2.39. The highest BCUT2D eigenvalue weighted by molar-refractivity contribution is 8.14. The van der Waals surface area contributed by atoms with Crippen LogP contribution in [-0.2, 0) is 6.54 Å². The van der Waals surface area contributed by atoms with Crippen molar-refractivity contribution in [3.8, 4) is 0 Å². The summed E-state index contributed by atoms with van der Waals surface area (Å²) in [7, 11) is 4.22. The van der Waals surface area contributed by atoms with E-state index in [2.05, 4.69) is 87.6 Å². The first-order chi connectivity index (χ1) is 12.7. The molecule has 26 heavy (non-hydrogen) atoms. The van der Waals surface area contributed by atoms with Crippen LogP contribution >= 0.6 is 11.8 Å². The third-order valence-corrected chi connectivity index (χ3v) is 5.44. The molecular weight excluding hydrogens is 342 g/mol. The molecule has 0 amide bonds. The number of fused-ring (bicyclic) bond motifs is 2. The maximum atomic E-state index is 4.66. The van der Waals surface area contributed by atoms with Crippen molar-refractivity contribution in [3.05, 3.63) is 53.9 Å². The molecule has 1 aliphatic heterocycles. The van der Waals surface area contributed by atoms with Crippen LogP contribution in [0.1, 0.15) is 0 Å². The second kappa shape index (κ2) is 7.51. The molecule has 3 aromatic rings. The van der Waals surface area contributed by atoms with Gasteiger partial charge in [0.15, 0.2) is 5.17 Å². The minimum atomic E-state index is 0.905. The molecule has 2 aromatic carbocycles. The lowest BCUT2D eigenvalue weighted by molar-refractivity contribution is 0.389. The number of rotatable bonds is 4. The van der Waals surface area contributed by atoms with E-state index in [4.69, 9.17) is 0 Å². The van der Waals surface area contributed by atoms with E-state index in [9.17, 15) is 0 Å². The maximum absolute atomic E-state index is 4.66. The number of pyridine rings is 1. The van der Waals surface area contributed by atoms with E-state index in [1.54, 1.807) is 11.8 Å². The normalized spacial score (nSPS) is 15.9. The predicted octanol–water partition coefficient (Wildman–Crippen LogP) is 2.86. The zero-order valence-corrected chi connectivity index (χ0v) is 16.0. The first-order valence-electron chi connectivity index (χ1n) is 8.87.